The Bertz CT molecular complexity index is 1400. The molecule has 1 heterocycles. The van der Waals surface area contributed by atoms with Gasteiger partial charge in [0.15, 0.2) is 0 Å². The molecule has 0 fully saturated rings. The van der Waals surface area contributed by atoms with Crippen molar-refractivity contribution in [3.63, 3.8) is 0 Å². The molecule has 0 aliphatic rings. The van der Waals surface area contributed by atoms with Crippen molar-refractivity contribution >= 4 is 22.7 Å². The molecule has 0 unspecified atom stereocenters. The molecule has 0 saturated carbocycles. The molecule has 0 aliphatic heterocycles. The number of H-pyrrole nitrogens is 1. The van der Waals surface area contributed by atoms with Crippen molar-refractivity contribution in [1.82, 2.24) is 14.8 Å². The van der Waals surface area contributed by atoms with Gasteiger partial charge in [0.05, 0.1) is 13.0 Å². The first kappa shape index (κ1) is 29.1. The van der Waals surface area contributed by atoms with Crippen LogP contribution < -0.4 is 0 Å². The fourth-order valence-corrected chi connectivity index (χ4v) is 5.06. The van der Waals surface area contributed by atoms with Crippen LogP contribution in [0.3, 0.4) is 0 Å². The van der Waals surface area contributed by atoms with Gasteiger partial charge in [-0.1, -0.05) is 107 Å². The summed E-state index contributed by atoms with van der Waals surface area (Å²) in [5, 5.41) is 1.18. The summed E-state index contributed by atoms with van der Waals surface area (Å²) in [6.45, 7) is 12.5. The number of carbonyl (C=O) groups excluding carboxylic acids is 2. The predicted octanol–water partition coefficient (Wildman–Crippen LogP) is 6.76. The first-order valence-corrected chi connectivity index (χ1v) is 14.3. The van der Waals surface area contributed by atoms with Gasteiger partial charge in [-0.3, -0.25) is 9.59 Å². The third-order valence-electron chi connectivity index (χ3n) is 7.33. The van der Waals surface area contributed by atoms with E-state index >= 15 is 0 Å². The van der Waals surface area contributed by atoms with Gasteiger partial charge < -0.3 is 14.8 Å². The quantitative estimate of drug-likeness (QED) is 0.230. The first-order chi connectivity index (χ1) is 19.1. The van der Waals surface area contributed by atoms with E-state index in [4.69, 9.17) is 0 Å². The number of rotatable bonds is 11. The highest BCUT2D eigenvalue weighted by Gasteiger charge is 2.23. The van der Waals surface area contributed by atoms with Crippen molar-refractivity contribution in [1.29, 1.82) is 0 Å². The molecule has 0 radical (unpaired) electrons. The van der Waals surface area contributed by atoms with Crippen LogP contribution in [0.1, 0.15) is 56.9 Å². The minimum atomic E-state index is -0.0261. The summed E-state index contributed by atoms with van der Waals surface area (Å²) in [6, 6.07) is 26.6. The van der Waals surface area contributed by atoms with Crippen LogP contribution in [0.4, 0.5) is 0 Å². The Balaban J connectivity index is 1.53. The van der Waals surface area contributed by atoms with E-state index in [9.17, 15) is 9.59 Å². The Labute approximate surface area is 239 Å². The van der Waals surface area contributed by atoms with Gasteiger partial charge in [-0.2, -0.15) is 0 Å². The Morgan fingerprint density at radius 3 is 2.15 bits per heavy atom. The first-order valence-electron chi connectivity index (χ1n) is 14.3. The highest BCUT2D eigenvalue weighted by molar-refractivity contribution is 5.86. The minimum absolute atomic E-state index is 0.0145. The van der Waals surface area contributed by atoms with Crippen LogP contribution in [-0.4, -0.2) is 46.2 Å². The van der Waals surface area contributed by atoms with E-state index in [2.05, 4.69) is 76.0 Å². The summed E-state index contributed by atoms with van der Waals surface area (Å²) in [4.78, 5) is 34.2. The Morgan fingerprint density at radius 1 is 0.800 bits per heavy atom. The van der Waals surface area contributed by atoms with Gasteiger partial charge in [-0.25, -0.2) is 0 Å². The van der Waals surface area contributed by atoms with Crippen LogP contribution in [-0.2, 0) is 34.4 Å². The third-order valence-corrected chi connectivity index (χ3v) is 7.33. The molecule has 40 heavy (non-hydrogen) atoms. The van der Waals surface area contributed by atoms with Crippen LogP contribution in [0, 0.1) is 5.92 Å². The lowest BCUT2D eigenvalue weighted by Crippen LogP contribution is -2.45. The zero-order chi connectivity index (χ0) is 28.7. The maximum Gasteiger partial charge on any atom is 0.242 e. The van der Waals surface area contributed by atoms with E-state index in [-0.39, 0.29) is 29.7 Å². The van der Waals surface area contributed by atoms with Gasteiger partial charge in [-0.05, 0) is 46.1 Å². The summed E-state index contributed by atoms with van der Waals surface area (Å²) in [5.41, 5.74) is 5.68. The molecule has 1 aromatic heterocycles. The predicted molar refractivity (Wildman–Crippen MR) is 164 cm³/mol. The van der Waals surface area contributed by atoms with E-state index in [1.54, 1.807) is 4.90 Å². The lowest BCUT2D eigenvalue weighted by atomic mass is 9.87. The molecular weight excluding hydrogens is 494 g/mol. The minimum Gasteiger partial charge on any atom is -0.361 e. The topological polar surface area (TPSA) is 56.4 Å². The van der Waals surface area contributed by atoms with Crippen molar-refractivity contribution in [2.45, 2.75) is 59.4 Å². The second kappa shape index (κ2) is 13.0. The molecule has 210 valence electrons. The fourth-order valence-electron chi connectivity index (χ4n) is 5.06. The summed E-state index contributed by atoms with van der Waals surface area (Å²) in [6.07, 6.45) is 3.07. The van der Waals surface area contributed by atoms with E-state index in [0.29, 0.717) is 26.1 Å². The lowest BCUT2D eigenvalue weighted by Gasteiger charge is -2.29. The van der Waals surface area contributed by atoms with E-state index < -0.39 is 0 Å². The van der Waals surface area contributed by atoms with Crippen molar-refractivity contribution in [2.75, 3.05) is 19.6 Å². The number of hydrogen-bond donors (Lipinski definition) is 1. The van der Waals surface area contributed by atoms with Gasteiger partial charge in [0.25, 0.3) is 0 Å². The molecule has 0 spiro atoms. The Kier molecular flexibility index (Phi) is 9.46. The smallest absolute Gasteiger partial charge is 0.242 e. The molecular formula is C35H43N3O2. The van der Waals surface area contributed by atoms with E-state index in [0.717, 1.165) is 23.1 Å². The molecule has 0 atom stereocenters. The van der Waals surface area contributed by atoms with E-state index in [1.165, 1.54) is 16.5 Å². The molecule has 0 saturated heterocycles. The number of aromatic nitrogens is 1. The molecule has 5 nitrogen and oxygen atoms in total. The van der Waals surface area contributed by atoms with Crippen molar-refractivity contribution < 1.29 is 9.59 Å². The summed E-state index contributed by atoms with van der Waals surface area (Å²) >= 11 is 0. The van der Waals surface area contributed by atoms with Crippen molar-refractivity contribution in [3.8, 4) is 0 Å². The highest BCUT2D eigenvalue weighted by Crippen LogP contribution is 2.23. The molecule has 1 N–H and O–H groups in total. The Hall–Kier alpha value is -3.86. The number of hydrogen-bond acceptors (Lipinski definition) is 2. The number of para-hydroxylation sites is 1. The summed E-state index contributed by atoms with van der Waals surface area (Å²) in [7, 11) is 0. The van der Waals surface area contributed by atoms with Crippen LogP contribution in [0.2, 0.25) is 0 Å². The van der Waals surface area contributed by atoms with Crippen molar-refractivity contribution in [3.05, 3.63) is 107 Å². The van der Waals surface area contributed by atoms with Gasteiger partial charge in [0, 0.05) is 36.7 Å². The average molecular weight is 538 g/mol. The molecule has 5 heteroatoms. The van der Waals surface area contributed by atoms with Crippen LogP contribution in [0.15, 0.2) is 85.1 Å². The zero-order valence-corrected chi connectivity index (χ0v) is 24.6. The molecule has 4 aromatic rings. The fraction of sp³-hybridized carbons (Fsp3) is 0.371. The van der Waals surface area contributed by atoms with Gasteiger partial charge >= 0.3 is 0 Å². The molecule has 0 aliphatic carbocycles. The number of benzene rings is 3. The molecule has 3 aromatic carbocycles. The highest BCUT2D eigenvalue weighted by atomic mass is 16.2. The molecule has 0 bridgehead atoms. The maximum atomic E-state index is 13.9. The monoisotopic (exact) mass is 537 g/mol. The maximum absolute atomic E-state index is 13.9. The summed E-state index contributed by atoms with van der Waals surface area (Å²) < 4.78 is 0. The van der Waals surface area contributed by atoms with Crippen LogP contribution in [0.25, 0.3) is 10.9 Å². The number of fused-ring (bicyclic) bond motifs is 1. The normalized spacial score (nSPS) is 11.7. The number of aromatic amines is 1. The lowest BCUT2D eigenvalue weighted by molar-refractivity contribution is -0.141. The van der Waals surface area contributed by atoms with Gasteiger partial charge in [0.1, 0.15) is 0 Å². The number of amides is 2. The van der Waals surface area contributed by atoms with E-state index in [1.807, 2.05) is 53.6 Å². The molecule has 4 rings (SSSR count). The Morgan fingerprint density at radius 2 is 1.48 bits per heavy atom. The third kappa shape index (κ3) is 7.84. The summed E-state index contributed by atoms with van der Waals surface area (Å²) in [5.74, 6) is 0.221. The number of carbonyl (C=O) groups is 2. The SMILES string of the molecule is CC(C)CN(CC(=O)N(CCc1c[nH]c2ccccc12)Cc1ccc(C(C)(C)C)cc1)C(=O)Cc1ccccc1. The second-order valence-electron chi connectivity index (χ2n) is 12.2. The molecule has 2 amide bonds. The zero-order valence-electron chi connectivity index (χ0n) is 24.6. The largest absolute Gasteiger partial charge is 0.361 e. The average Bonchev–Trinajstić information content (AvgIpc) is 3.33. The number of nitrogens with zero attached hydrogens (tertiary/aromatic N) is 2. The van der Waals surface area contributed by atoms with Crippen LogP contribution >= 0.6 is 0 Å². The van der Waals surface area contributed by atoms with Crippen LogP contribution in [0.5, 0.6) is 0 Å². The van der Waals surface area contributed by atoms with Gasteiger partial charge in [-0.15, -0.1) is 0 Å². The van der Waals surface area contributed by atoms with Crippen molar-refractivity contribution in [2.24, 2.45) is 5.92 Å². The number of nitrogens with one attached hydrogen (secondary N) is 1. The standard InChI is InChI=1S/C35H43N3O2/c1-26(2)23-38(33(39)21-27-11-7-6-8-12-27)25-34(40)37(24-28-15-17-30(18-16-28)35(3,4)5)20-19-29-22-36-32-14-10-9-13-31(29)32/h6-18,22,26,36H,19-21,23-25H2,1-5H3. The van der Waals surface area contributed by atoms with Gasteiger partial charge in [0.2, 0.25) is 11.8 Å². The second-order valence-corrected chi connectivity index (χ2v) is 12.2.